The molecule has 0 aliphatic rings. The molecule has 0 amide bonds. The van der Waals surface area contributed by atoms with E-state index >= 15 is 0 Å². The van der Waals surface area contributed by atoms with Crippen LogP contribution in [0.25, 0.3) is 131 Å². The summed E-state index contributed by atoms with van der Waals surface area (Å²) in [6.07, 6.45) is 0. The number of nitrogens with zero attached hydrogens (tertiary/aromatic N) is 2. The maximum absolute atomic E-state index is 5.34. The van der Waals surface area contributed by atoms with E-state index in [0.717, 1.165) is 33.5 Å². The highest BCUT2D eigenvalue weighted by Crippen LogP contribution is 2.48. The smallest absolute Gasteiger partial charge is 0.160 e. The first kappa shape index (κ1) is 37.3. The minimum Gasteiger partial charge on any atom is -0.228 e. The molecule has 2 heterocycles. The maximum atomic E-state index is 5.34. The summed E-state index contributed by atoms with van der Waals surface area (Å²) in [6.45, 7) is 0. The second-order valence-corrected chi connectivity index (χ2v) is 17.8. The van der Waals surface area contributed by atoms with Crippen molar-refractivity contribution in [3.05, 3.63) is 231 Å². The molecule has 3 heteroatoms. The number of thiophene rings is 1. The lowest BCUT2D eigenvalue weighted by Gasteiger charge is -2.21. The predicted molar refractivity (Wildman–Crippen MR) is 278 cm³/mol. The summed E-state index contributed by atoms with van der Waals surface area (Å²) in [5, 5.41) is 12.4. The fraction of sp³-hybridized carbons (Fsp3) is 0. The summed E-state index contributed by atoms with van der Waals surface area (Å²) in [7, 11) is 0. The molecule has 13 aromatic rings. The zero-order chi connectivity index (χ0) is 42.8. The molecular formula is C62H38N2S. The van der Waals surface area contributed by atoms with Crippen molar-refractivity contribution in [3.63, 3.8) is 0 Å². The molecule has 0 bridgehead atoms. The molecule has 0 atom stereocenters. The highest BCUT2D eigenvalue weighted by atomic mass is 32.1. The van der Waals surface area contributed by atoms with Crippen molar-refractivity contribution >= 4 is 74.6 Å². The minimum atomic E-state index is 0.700. The molecule has 0 radical (unpaired) electrons. The predicted octanol–water partition coefficient (Wildman–Crippen LogP) is 17.5. The first-order chi connectivity index (χ1) is 32.2. The van der Waals surface area contributed by atoms with Crippen LogP contribution in [0.2, 0.25) is 0 Å². The van der Waals surface area contributed by atoms with Crippen LogP contribution in [0.15, 0.2) is 231 Å². The van der Waals surface area contributed by atoms with Gasteiger partial charge in [-0.25, -0.2) is 9.97 Å². The van der Waals surface area contributed by atoms with Gasteiger partial charge in [-0.3, -0.25) is 0 Å². The Balaban J connectivity index is 1.00. The van der Waals surface area contributed by atoms with E-state index in [0.29, 0.717) is 5.82 Å². The molecule has 302 valence electrons. The molecule has 11 aromatic carbocycles. The number of benzene rings is 11. The van der Waals surface area contributed by atoms with E-state index in [9.17, 15) is 0 Å². The first-order valence-corrected chi connectivity index (χ1v) is 23.0. The van der Waals surface area contributed by atoms with Gasteiger partial charge in [-0.1, -0.05) is 218 Å². The van der Waals surface area contributed by atoms with E-state index in [1.54, 1.807) is 0 Å². The first-order valence-electron chi connectivity index (χ1n) is 22.1. The normalized spacial score (nSPS) is 11.7. The second-order valence-electron chi connectivity index (χ2n) is 16.8. The van der Waals surface area contributed by atoms with Gasteiger partial charge in [0, 0.05) is 36.9 Å². The van der Waals surface area contributed by atoms with Gasteiger partial charge < -0.3 is 0 Å². The fourth-order valence-electron chi connectivity index (χ4n) is 10.1. The molecule has 0 unspecified atom stereocenters. The lowest BCUT2D eigenvalue weighted by molar-refractivity contribution is 1.18. The molecule has 0 saturated carbocycles. The molecule has 2 aromatic heterocycles. The van der Waals surface area contributed by atoms with Crippen molar-refractivity contribution in [3.8, 4) is 67.3 Å². The van der Waals surface area contributed by atoms with Crippen LogP contribution in [0.3, 0.4) is 0 Å². The Labute approximate surface area is 380 Å². The van der Waals surface area contributed by atoms with Gasteiger partial charge in [0.05, 0.1) is 11.4 Å². The van der Waals surface area contributed by atoms with E-state index < -0.39 is 0 Å². The molecule has 0 aliphatic heterocycles. The number of rotatable bonds is 6. The van der Waals surface area contributed by atoms with Crippen LogP contribution in [-0.4, -0.2) is 9.97 Å². The Morgan fingerprint density at radius 2 is 0.862 bits per heavy atom. The Bertz CT molecular complexity index is 3980. The van der Waals surface area contributed by atoms with Gasteiger partial charge in [0.15, 0.2) is 5.82 Å². The van der Waals surface area contributed by atoms with Gasteiger partial charge in [0.1, 0.15) is 0 Å². The molecular weight excluding hydrogens is 805 g/mol. The Morgan fingerprint density at radius 3 is 1.63 bits per heavy atom. The van der Waals surface area contributed by atoms with Crippen LogP contribution in [0.4, 0.5) is 0 Å². The van der Waals surface area contributed by atoms with Crippen molar-refractivity contribution in [2.75, 3.05) is 0 Å². The van der Waals surface area contributed by atoms with Crippen molar-refractivity contribution in [1.82, 2.24) is 9.97 Å². The number of hydrogen-bond acceptors (Lipinski definition) is 3. The lowest BCUT2D eigenvalue weighted by atomic mass is 9.82. The third-order valence-electron chi connectivity index (χ3n) is 13.1. The summed E-state index contributed by atoms with van der Waals surface area (Å²) in [6, 6.07) is 83.4. The average Bonchev–Trinajstić information content (AvgIpc) is 3.77. The summed E-state index contributed by atoms with van der Waals surface area (Å²) >= 11 is 1.86. The van der Waals surface area contributed by atoms with E-state index in [1.807, 2.05) is 17.4 Å². The van der Waals surface area contributed by atoms with Crippen molar-refractivity contribution in [2.24, 2.45) is 0 Å². The zero-order valence-electron chi connectivity index (χ0n) is 35.2. The van der Waals surface area contributed by atoms with Gasteiger partial charge in [-0.15, -0.1) is 11.3 Å². The largest absolute Gasteiger partial charge is 0.228 e. The average molecular weight is 843 g/mol. The van der Waals surface area contributed by atoms with Gasteiger partial charge in [-0.2, -0.15) is 0 Å². The Morgan fingerprint density at radius 1 is 0.292 bits per heavy atom. The van der Waals surface area contributed by atoms with Gasteiger partial charge in [0.2, 0.25) is 0 Å². The standard InChI is InChI=1S/C62H38N2S/c1-3-17-42(18-4-1)58-50-25-11-12-26-51(50)59(54-35-34-39-16-7-8-21-44(39)60(54)58)52-37-36-48(46-22-9-10-23-47(46)52)56-38-55(63-62(64-56)43-19-5-2-6-20-43)41-32-30-40(31-33-41)45-27-15-28-53-49-24-13-14-29-57(49)65-61(45)53/h1-38H. The van der Waals surface area contributed by atoms with E-state index in [4.69, 9.17) is 9.97 Å². The molecule has 0 aliphatic carbocycles. The third kappa shape index (κ3) is 6.16. The van der Waals surface area contributed by atoms with Crippen LogP contribution in [0, 0.1) is 0 Å². The maximum Gasteiger partial charge on any atom is 0.160 e. The Hall–Kier alpha value is -8.24. The third-order valence-corrected chi connectivity index (χ3v) is 14.3. The van der Waals surface area contributed by atoms with Crippen LogP contribution in [0.1, 0.15) is 0 Å². The molecule has 0 fully saturated rings. The number of aromatic nitrogens is 2. The molecule has 0 saturated heterocycles. The SMILES string of the molecule is c1ccc(-c2nc(-c3ccc(-c4cccc5c4sc4ccccc45)cc3)cc(-c3ccc(-c4c5ccccc5c(-c5ccccc5)c5c4ccc4ccccc45)c4ccccc34)n2)cc1. The van der Waals surface area contributed by atoms with E-state index in [1.165, 1.54) is 91.3 Å². The van der Waals surface area contributed by atoms with E-state index in [-0.39, 0.29) is 0 Å². The highest BCUT2D eigenvalue weighted by Gasteiger charge is 2.22. The second kappa shape index (κ2) is 15.2. The molecule has 13 rings (SSSR count). The molecule has 2 nitrogen and oxygen atoms in total. The molecule has 65 heavy (non-hydrogen) atoms. The van der Waals surface area contributed by atoms with Crippen LogP contribution in [0.5, 0.6) is 0 Å². The molecule has 0 N–H and O–H groups in total. The number of fused-ring (bicyclic) bond motifs is 8. The van der Waals surface area contributed by atoms with Crippen LogP contribution < -0.4 is 0 Å². The summed E-state index contributed by atoms with van der Waals surface area (Å²) in [5.74, 6) is 0.700. The molecule has 0 spiro atoms. The fourth-order valence-corrected chi connectivity index (χ4v) is 11.4. The van der Waals surface area contributed by atoms with Crippen LogP contribution in [-0.2, 0) is 0 Å². The number of hydrogen-bond donors (Lipinski definition) is 0. The van der Waals surface area contributed by atoms with Gasteiger partial charge >= 0.3 is 0 Å². The minimum absolute atomic E-state index is 0.700. The Kier molecular flexibility index (Phi) is 8.75. The lowest BCUT2D eigenvalue weighted by Crippen LogP contribution is -1.97. The van der Waals surface area contributed by atoms with Gasteiger partial charge in [0.25, 0.3) is 0 Å². The van der Waals surface area contributed by atoms with Crippen molar-refractivity contribution < 1.29 is 0 Å². The monoisotopic (exact) mass is 842 g/mol. The summed E-state index contributed by atoms with van der Waals surface area (Å²) < 4.78 is 2.62. The highest BCUT2D eigenvalue weighted by molar-refractivity contribution is 7.26. The quantitative estimate of drug-likeness (QED) is 0.123. The van der Waals surface area contributed by atoms with Gasteiger partial charge in [-0.05, 0) is 88.6 Å². The van der Waals surface area contributed by atoms with Crippen molar-refractivity contribution in [1.29, 1.82) is 0 Å². The summed E-state index contributed by atoms with van der Waals surface area (Å²) in [5.41, 5.74) is 12.2. The topological polar surface area (TPSA) is 25.8 Å². The van der Waals surface area contributed by atoms with Crippen molar-refractivity contribution in [2.45, 2.75) is 0 Å². The zero-order valence-corrected chi connectivity index (χ0v) is 36.1. The van der Waals surface area contributed by atoms with E-state index in [2.05, 4.69) is 224 Å². The van der Waals surface area contributed by atoms with Crippen LogP contribution >= 0.6 is 11.3 Å². The summed E-state index contributed by atoms with van der Waals surface area (Å²) in [4.78, 5) is 10.6.